The molecule has 0 aliphatic heterocycles. The van der Waals surface area contributed by atoms with Crippen LogP contribution in [0.15, 0.2) is 66.5 Å². The number of carbonyl (C=O) groups excluding carboxylic acids is 1. The normalized spacial score (nSPS) is 24.1. The lowest BCUT2D eigenvalue weighted by Gasteiger charge is -2.44. The van der Waals surface area contributed by atoms with Gasteiger partial charge in [-0.05, 0) is 92.6 Å². The first-order valence-corrected chi connectivity index (χ1v) is 14.9. The van der Waals surface area contributed by atoms with Crippen molar-refractivity contribution in [2.75, 3.05) is 0 Å². The molecule has 0 radical (unpaired) electrons. The number of hydrogen-bond acceptors (Lipinski definition) is 4. The highest BCUT2D eigenvalue weighted by atomic mass is 32.2. The molecule has 37 heavy (non-hydrogen) atoms. The monoisotopic (exact) mass is 518 g/mol. The average molecular weight is 519 g/mol. The van der Waals surface area contributed by atoms with E-state index in [1.807, 2.05) is 16.8 Å². The van der Waals surface area contributed by atoms with Gasteiger partial charge in [-0.15, -0.1) is 0 Å². The number of Topliss-reactive ketones (excluding diaryl/α,β-unsaturated/α-hetero) is 1. The zero-order chi connectivity index (χ0) is 25.6. The van der Waals surface area contributed by atoms with Crippen LogP contribution in [0.2, 0.25) is 0 Å². The van der Waals surface area contributed by atoms with Crippen molar-refractivity contribution in [1.82, 2.24) is 9.55 Å². The largest absolute Gasteiger partial charge is 0.317 e. The molecule has 0 unspecified atom stereocenters. The van der Waals surface area contributed by atoms with Gasteiger partial charge in [0.15, 0.2) is 15.6 Å². The summed E-state index contributed by atoms with van der Waals surface area (Å²) in [6, 6.07) is 13.7. The van der Waals surface area contributed by atoms with Gasteiger partial charge in [0.1, 0.15) is 11.5 Å². The number of pyridine rings is 1. The van der Waals surface area contributed by atoms with Crippen LogP contribution in [0.4, 0.5) is 4.39 Å². The first-order valence-electron chi connectivity index (χ1n) is 13.2. The maximum atomic E-state index is 14.2. The molecule has 2 heterocycles. The molecule has 3 aromatic rings. The van der Waals surface area contributed by atoms with Crippen molar-refractivity contribution in [3.8, 4) is 5.69 Å². The summed E-state index contributed by atoms with van der Waals surface area (Å²) in [5, 5.41) is -0.821. The summed E-state index contributed by atoms with van der Waals surface area (Å²) < 4.78 is 43.2. The number of hydrogen-bond donors (Lipinski definition) is 0. The van der Waals surface area contributed by atoms with Gasteiger partial charge in [0.2, 0.25) is 0 Å². The fourth-order valence-electron chi connectivity index (χ4n) is 6.69. The molecule has 3 aliphatic carbocycles. The molecule has 1 aromatic carbocycles. The number of rotatable bonds is 5. The van der Waals surface area contributed by atoms with Crippen LogP contribution in [0.5, 0.6) is 0 Å². The van der Waals surface area contributed by atoms with Gasteiger partial charge < -0.3 is 4.57 Å². The Hall–Kier alpha value is -3.06. The first kappa shape index (κ1) is 24.3. The molecule has 7 heteroatoms. The van der Waals surface area contributed by atoms with Gasteiger partial charge in [0, 0.05) is 23.8 Å². The number of allylic oxidation sites excluding steroid dienone is 1. The minimum absolute atomic E-state index is 0.0944. The third-order valence-electron chi connectivity index (χ3n) is 8.66. The lowest BCUT2D eigenvalue weighted by atomic mass is 9.61. The smallest absolute Gasteiger partial charge is 0.191 e. The molecule has 0 saturated heterocycles. The van der Waals surface area contributed by atoms with E-state index < -0.39 is 20.5 Å². The second kappa shape index (κ2) is 9.35. The number of fused-ring (bicyclic) bond motifs is 2. The SMILES string of the molecule is O=C(c1ccccn1)[C@]12Cc3ccn(-c4ccc(F)cc4)c3C=C1CC[C@H](S(=O)(=O)C1CCCCC1)C2. The number of carbonyl (C=O) groups is 1. The first-order chi connectivity index (χ1) is 17.9. The zero-order valence-corrected chi connectivity index (χ0v) is 21.6. The summed E-state index contributed by atoms with van der Waals surface area (Å²) >= 11 is 0. The number of nitrogens with zero attached hydrogens (tertiary/aromatic N) is 2. The molecule has 2 saturated carbocycles. The summed E-state index contributed by atoms with van der Waals surface area (Å²) in [4.78, 5) is 18.5. The minimum atomic E-state index is -3.35. The van der Waals surface area contributed by atoms with E-state index >= 15 is 0 Å². The van der Waals surface area contributed by atoms with E-state index in [4.69, 9.17) is 0 Å². The van der Waals surface area contributed by atoms with E-state index in [-0.39, 0.29) is 16.9 Å². The maximum absolute atomic E-state index is 14.2. The lowest BCUT2D eigenvalue weighted by molar-refractivity contribution is 0.0796. The van der Waals surface area contributed by atoms with Gasteiger partial charge in [-0.2, -0.15) is 0 Å². The van der Waals surface area contributed by atoms with Crippen LogP contribution in [0.1, 0.15) is 73.1 Å². The van der Waals surface area contributed by atoms with Crippen LogP contribution in [0.3, 0.4) is 0 Å². The van der Waals surface area contributed by atoms with Crippen molar-refractivity contribution >= 4 is 21.7 Å². The molecule has 6 rings (SSSR count). The van der Waals surface area contributed by atoms with Gasteiger partial charge in [-0.1, -0.05) is 30.9 Å². The lowest BCUT2D eigenvalue weighted by Crippen LogP contribution is -2.47. The summed E-state index contributed by atoms with van der Waals surface area (Å²) in [5.74, 6) is -0.385. The molecule has 2 atom stereocenters. The van der Waals surface area contributed by atoms with Crippen LogP contribution >= 0.6 is 0 Å². The fourth-order valence-corrected chi connectivity index (χ4v) is 9.19. The summed E-state index contributed by atoms with van der Waals surface area (Å²) in [7, 11) is -3.35. The summed E-state index contributed by atoms with van der Waals surface area (Å²) in [5.41, 5.74) is 3.24. The number of ketones is 1. The van der Waals surface area contributed by atoms with Crippen molar-refractivity contribution in [3.05, 3.63) is 89.3 Å². The Bertz CT molecular complexity index is 1450. The van der Waals surface area contributed by atoms with E-state index in [2.05, 4.69) is 11.1 Å². The van der Waals surface area contributed by atoms with Crippen molar-refractivity contribution < 1.29 is 17.6 Å². The molecule has 0 amide bonds. The molecule has 192 valence electrons. The molecule has 5 nitrogen and oxygen atoms in total. The number of aromatic nitrogens is 2. The van der Waals surface area contributed by atoms with Gasteiger partial charge in [-0.25, -0.2) is 12.8 Å². The topological polar surface area (TPSA) is 69.0 Å². The van der Waals surface area contributed by atoms with Crippen LogP contribution in [0, 0.1) is 11.2 Å². The molecule has 0 N–H and O–H groups in total. The Labute approximate surface area is 217 Å². The Morgan fingerprint density at radius 3 is 2.49 bits per heavy atom. The van der Waals surface area contributed by atoms with E-state index in [9.17, 15) is 17.6 Å². The average Bonchev–Trinajstić information content (AvgIpc) is 3.34. The highest BCUT2D eigenvalue weighted by Gasteiger charge is 2.52. The Morgan fingerprint density at radius 1 is 0.973 bits per heavy atom. The number of halogens is 1. The zero-order valence-electron chi connectivity index (χ0n) is 20.8. The van der Waals surface area contributed by atoms with Gasteiger partial charge in [0.25, 0.3) is 0 Å². The fraction of sp³-hybridized carbons (Fsp3) is 0.400. The second-order valence-electron chi connectivity index (χ2n) is 10.8. The second-order valence-corrected chi connectivity index (χ2v) is 13.3. The molecule has 3 aliphatic rings. The quantitative estimate of drug-likeness (QED) is 0.382. The molecular formula is C30H31FN2O3S. The third kappa shape index (κ3) is 4.17. The van der Waals surface area contributed by atoms with Crippen LogP contribution in [-0.4, -0.2) is 34.3 Å². The molecule has 2 aromatic heterocycles. The standard InChI is InChI=1S/C30H31FN2O3S/c31-23-10-12-24(13-11-23)33-17-15-21-19-30(29(34)27-8-4-5-16-32-27)20-26(14-9-22(30)18-28(21)33)37(35,36)25-6-2-1-3-7-25/h4-5,8,10-13,15-18,25-26H,1-3,6-7,9,14,19-20H2/t26-,30-/m0/s1. The Kier molecular flexibility index (Phi) is 6.14. The summed E-state index contributed by atoms with van der Waals surface area (Å²) in [6.07, 6.45) is 11.9. The van der Waals surface area contributed by atoms with Gasteiger partial charge >= 0.3 is 0 Å². The molecule has 2 fully saturated rings. The van der Waals surface area contributed by atoms with Crippen molar-refractivity contribution in [2.45, 2.75) is 68.3 Å². The summed E-state index contributed by atoms with van der Waals surface area (Å²) in [6.45, 7) is 0. The molecular weight excluding hydrogens is 487 g/mol. The van der Waals surface area contributed by atoms with E-state index in [1.165, 1.54) is 12.1 Å². The third-order valence-corrected chi connectivity index (χ3v) is 11.4. The maximum Gasteiger partial charge on any atom is 0.191 e. The van der Waals surface area contributed by atoms with Gasteiger partial charge in [-0.3, -0.25) is 9.78 Å². The van der Waals surface area contributed by atoms with Crippen molar-refractivity contribution in [3.63, 3.8) is 0 Å². The van der Waals surface area contributed by atoms with E-state index in [0.29, 0.717) is 31.4 Å². The Balaban J connectivity index is 1.42. The van der Waals surface area contributed by atoms with E-state index in [0.717, 1.165) is 54.6 Å². The van der Waals surface area contributed by atoms with Crippen molar-refractivity contribution in [1.29, 1.82) is 0 Å². The van der Waals surface area contributed by atoms with E-state index in [1.54, 1.807) is 36.5 Å². The van der Waals surface area contributed by atoms with Crippen molar-refractivity contribution in [2.24, 2.45) is 5.41 Å². The Morgan fingerprint density at radius 2 is 1.76 bits per heavy atom. The van der Waals surface area contributed by atoms with Crippen LogP contribution in [0.25, 0.3) is 11.8 Å². The van der Waals surface area contributed by atoms with Crippen LogP contribution < -0.4 is 0 Å². The molecule has 0 spiro atoms. The number of sulfone groups is 1. The predicted molar refractivity (Wildman–Crippen MR) is 142 cm³/mol. The predicted octanol–water partition coefficient (Wildman–Crippen LogP) is 6.12. The molecule has 0 bridgehead atoms. The van der Waals surface area contributed by atoms with Gasteiger partial charge in [0.05, 0.1) is 15.9 Å². The highest BCUT2D eigenvalue weighted by Crippen LogP contribution is 2.52. The van der Waals surface area contributed by atoms with Crippen LogP contribution in [-0.2, 0) is 16.3 Å². The minimum Gasteiger partial charge on any atom is -0.317 e. The highest BCUT2D eigenvalue weighted by molar-refractivity contribution is 7.92. The number of benzene rings is 1.